The van der Waals surface area contributed by atoms with Crippen molar-refractivity contribution in [1.82, 2.24) is 5.32 Å². The molecule has 10 unspecified atom stereocenters. The van der Waals surface area contributed by atoms with Gasteiger partial charge in [-0.3, -0.25) is 9.59 Å². The van der Waals surface area contributed by atoms with E-state index in [1.54, 1.807) is 19.1 Å². The van der Waals surface area contributed by atoms with Crippen LogP contribution >= 0.6 is 0 Å². The second-order valence-corrected chi connectivity index (χ2v) is 12.0. The van der Waals surface area contributed by atoms with Crippen molar-refractivity contribution in [1.29, 1.82) is 0 Å². The Labute approximate surface area is 214 Å². The number of nitrogens with one attached hydrogen (secondary N) is 1. The third-order valence-corrected chi connectivity index (χ3v) is 9.24. The molecule has 5 rings (SSSR count). The number of hydrogen-bond acceptors (Lipinski definition) is 5. The summed E-state index contributed by atoms with van der Waals surface area (Å²) in [4.78, 5) is 26.7. The smallest absolute Gasteiger partial charge is 0.303 e. The Kier molecular flexibility index (Phi) is 6.19. The number of allylic oxidation sites excluding steroid dienone is 1. The number of benzene rings is 1. The lowest BCUT2D eigenvalue weighted by Gasteiger charge is -2.49. The second kappa shape index (κ2) is 8.84. The predicted octanol–water partition coefficient (Wildman–Crippen LogP) is 3.98. The van der Waals surface area contributed by atoms with Crippen molar-refractivity contribution in [3.05, 3.63) is 60.2 Å². The van der Waals surface area contributed by atoms with Gasteiger partial charge >= 0.3 is 5.97 Å². The standard InChI is InChI=1S/C30H39NO5/c1-18-10-9-13-22-26-29(5,36-26)19(2)25-23(16-21-11-7-6-8-12-21)31-27(33)30(22,25)24(35-20(3)32)14-15-28(4,34)17-18/h6-9,11-15,18-19,22-26,34H,10,16-17H2,1-5H3,(H,31,33). The van der Waals surface area contributed by atoms with Gasteiger partial charge in [0.15, 0.2) is 0 Å². The highest BCUT2D eigenvalue weighted by Gasteiger charge is 2.78. The van der Waals surface area contributed by atoms with E-state index in [0.29, 0.717) is 12.8 Å². The summed E-state index contributed by atoms with van der Waals surface area (Å²) in [6, 6.07) is 10.0. The molecule has 36 heavy (non-hydrogen) atoms. The number of ether oxygens (including phenoxy) is 2. The monoisotopic (exact) mass is 493 g/mol. The summed E-state index contributed by atoms with van der Waals surface area (Å²) < 4.78 is 12.4. The lowest BCUT2D eigenvalue weighted by atomic mass is 9.51. The Bertz CT molecular complexity index is 1080. The topological polar surface area (TPSA) is 88.2 Å². The number of aliphatic hydroxyl groups is 1. The average molecular weight is 494 g/mol. The molecule has 2 saturated heterocycles. The van der Waals surface area contributed by atoms with Gasteiger partial charge in [-0.2, -0.15) is 0 Å². The molecule has 10 atom stereocenters. The molecule has 6 nitrogen and oxygen atoms in total. The molecule has 0 aromatic heterocycles. The molecule has 2 heterocycles. The highest BCUT2D eigenvalue weighted by molar-refractivity contribution is 5.89. The van der Waals surface area contributed by atoms with Crippen LogP contribution in [0.5, 0.6) is 0 Å². The van der Waals surface area contributed by atoms with Crippen LogP contribution in [0.3, 0.4) is 0 Å². The second-order valence-electron chi connectivity index (χ2n) is 12.0. The first-order valence-electron chi connectivity index (χ1n) is 13.3. The molecule has 1 spiro atoms. The van der Waals surface area contributed by atoms with Crippen molar-refractivity contribution >= 4 is 11.9 Å². The van der Waals surface area contributed by atoms with Crippen LogP contribution in [0.1, 0.15) is 53.0 Å². The van der Waals surface area contributed by atoms with Crippen molar-refractivity contribution < 1.29 is 24.2 Å². The Morgan fingerprint density at radius 2 is 1.92 bits per heavy atom. The van der Waals surface area contributed by atoms with Gasteiger partial charge < -0.3 is 19.9 Å². The number of amides is 1. The van der Waals surface area contributed by atoms with Crippen LogP contribution in [-0.4, -0.2) is 46.4 Å². The molecule has 4 aliphatic rings. The van der Waals surface area contributed by atoms with Gasteiger partial charge in [-0.15, -0.1) is 0 Å². The lowest BCUT2D eigenvalue weighted by Crippen LogP contribution is -2.60. The summed E-state index contributed by atoms with van der Waals surface area (Å²) in [5.74, 6) is -0.642. The lowest BCUT2D eigenvalue weighted by molar-refractivity contribution is -0.162. The summed E-state index contributed by atoms with van der Waals surface area (Å²) in [5, 5.41) is 14.5. The summed E-state index contributed by atoms with van der Waals surface area (Å²) in [6.45, 7) is 9.59. The fourth-order valence-corrected chi connectivity index (χ4v) is 7.54. The Morgan fingerprint density at radius 3 is 2.61 bits per heavy atom. The van der Waals surface area contributed by atoms with E-state index < -0.39 is 23.1 Å². The van der Waals surface area contributed by atoms with Gasteiger partial charge in [0.1, 0.15) is 11.5 Å². The SMILES string of the molecule is CC(=O)OC1C=CC(C)(O)CC(C)CC=CC2C3OC3(C)C(C)C3C(Cc4ccccc4)NC(=O)C123. The third kappa shape index (κ3) is 4.03. The Hall–Kier alpha value is -2.44. The molecule has 1 saturated carbocycles. The normalized spacial score (nSPS) is 45.5. The molecule has 3 fully saturated rings. The molecule has 2 N–H and O–H groups in total. The molecule has 194 valence electrons. The number of esters is 1. The molecule has 1 amide bonds. The van der Waals surface area contributed by atoms with Gasteiger partial charge in [-0.25, -0.2) is 0 Å². The van der Waals surface area contributed by atoms with E-state index in [1.165, 1.54) is 6.92 Å². The van der Waals surface area contributed by atoms with E-state index in [9.17, 15) is 14.7 Å². The first-order chi connectivity index (χ1) is 17.0. The number of carbonyl (C=O) groups excluding carboxylic acids is 2. The third-order valence-electron chi connectivity index (χ3n) is 9.24. The van der Waals surface area contributed by atoms with E-state index in [0.717, 1.165) is 12.0 Å². The largest absolute Gasteiger partial charge is 0.457 e. The van der Waals surface area contributed by atoms with Crippen molar-refractivity contribution in [2.75, 3.05) is 0 Å². The van der Waals surface area contributed by atoms with Crippen LogP contribution in [0, 0.1) is 29.1 Å². The highest BCUT2D eigenvalue weighted by Crippen LogP contribution is 2.67. The van der Waals surface area contributed by atoms with Gasteiger partial charge in [0, 0.05) is 24.8 Å². The summed E-state index contributed by atoms with van der Waals surface area (Å²) in [5.41, 5.74) is -1.31. The van der Waals surface area contributed by atoms with Crippen LogP contribution in [-0.2, 0) is 25.5 Å². The number of carbonyl (C=O) groups is 2. The first-order valence-corrected chi connectivity index (χ1v) is 13.3. The first kappa shape index (κ1) is 25.2. The Balaban J connectivity index is 1.68. The molecular formula is C30H39NO5. The number of epoxide rings is 1. The van der Waals surface area contributed by atoms with E-state index in [-0.39, 0.29) is 47.3 Å². The van der Waals surface area contributed by atoms with Gasteiger partial charge in [0.25, 0.3) is 0 Å². The fraction of sp³-hybridized carbons (Fsp3) is 0.600. The average Bonchev–Trinajstić information content (AvgIpc) is 3.42. The minimum Gasteiger partial charge on any atom is -0.457 e. The zero-order chi connectivity index (χ0) is 25.9. The minimum absolute atomic E-state index is 0.0517. The maximum atomic E-state index is 14.3. The molecule has 6 heteroatoms. The number of hydrogen-bond donors (Lipinski definition) is 2. The molecule has 0 radical (unpaired) electrons. The van der Waals surface area contributed by atoms with Gasteiger partial charge in [-0.1, -0.05) is 62.4 Å². The Morgan fingerprint density at radius 1 is 1.19 bits per heavy atom. The summed E-state index contributed by atoms with van der Waals surface area (Å²) in [6.07, 6.45) is 8.86. The van der Waals surface area contributed by atoms with Gasteiger partial charge in [-0.05, 0) is 56.6 Å². The predicted molar refractivity (Wildman–Crippen MR) is 137 cm³/mol. The molecule has 2 aliphatic carbocycles. The maximum absolute atomic E-state index is 14.3. The molecule has 0 bridgehead atoms. The van der Waals surface area contributed by atoms with Crippen LogP contribution in [0.4, 0.5) is 0 Å². The van der Waals surface area contributed by atoms with Crippen LogP contribution in [0.2, 0.25) is 0 Å². The molecule has 1 aromatic carbocycles. The minimum atomic E-state index is -1.08. The van der Waals surface area contributed by atoms with Crippen molar-refractivity contribution in [2.45, 2.75) is 83.3 Å². The highest BCUT2D eigenvalue weighted by atomic mass is 16.6. The summed E-state index contributed by atoms with van der Waals surface area (Å²) in [7, 11) is 0. The van der Waals surface area contributed by atoms with E-state index in [1.807, 2.05) is 18.2 Å². The number of rotatable bonds is 3. The zero-order valence-electron chi connectivity index (χ0n) is 21.9. The van der Waals surface area contributed by atoms with E-state index in [4.69, 9.17) is 9.47 Å². The van der Waals surface area contributed by atoms with Gasteiger partial charge in [0.05, 0.1) is 17.3 Å². The maximum Gasteiger partial charge on any atom is 0.303 e. The van der Waals surface area contributed by atoms with Crippen LogP contribution in [0.25, 0.3) is 0 Å². The molecule has 1 aromatic rings. The van der Waals surface area contributed by atoms with Crippen molar-refractivity contribution in [3.63, 3.8) is 0 Å². The zero-order valence-corrected chi connectivity index (χ0v) is 21.9. The number of fused-ring (bicyclic) bond motifs is 2. The molecule has 2 aliphatic heterocycles. The summed E-state index contributed by atoms with van der Waals surface area (Å²) >= 11 is 0. The van der Waals surface area contributed by atoms with Crippen LogP contribution in [0.15, 0.2) is 54.6 Å². The fourth-order valence-electron chi connectivity index (χ4n) is 7.54. The van der Waals surface area contributed by atoms with Crippen molar-refractivity contribution in [2.24, 2.45) is 29.1 Å². The molecular weight excluding hydrogens is 454 g/mol. The quantitative estimate of drug-likeness (QED) is 0.378. The van der Waals surface area contributed by atoms with Gasteiger partial charge in [0.2, 0.25) is 5.91 Å². The van der Waals surface area contributed by atoms with E-state index >= 15 is 0 Å². The van der Waals surface area contributed by atoms with Crippen molar-refractivity contribution in [3.8, 4) is 0 Å². The van der Waals surface area contributed by atoms with E-state index in [2.05, 4.69) is 50.4 Å². The van der Waals surface area contributed by atoms with Crippen LogP contribution < -0.4 is 5.32 Å².